The van der Waals surface area contributed by atoms with E-state index in [4.69, 9.17) is 9.47 Å². The number of ether oxygens (including phenoxy) is 2. The molecule has 0 heterocycles. The van der Waals surface area contributed by atoms with Gasteiger partial charge in [-0.3, -0.25) is 0 Å². The highest BCUT2D eigenvalue weighted by Crippen LogP contribution is 2.30. The maximum absolute atomic E-state index is 11.6. The van der Waals surface area contributed by atoms with Crippen molar-refractivity contribution in [3.63, 3.8) is 0 Å². The van der Waals surface area contributed by atoms with Crippen molar-refractivity contribution in [3.05, 3.63) is 18.2 Å². The molecular weight excluding hydrogens is 244 g/mol. The Bertz CT molecular complexity index is 408. The average Bonchev–Trinajstić information content (AvgIpc) is 2.40. The van der Waals surface area contributed by atoms with Gasteiger partial charge in [0, 0.05) is 18.3 Å². The van der Waals surface area contributed by atoms with Gasteiger partial charge in [-0.25, -0.2) is 4.79 Å². The van der Waals surface area contributed by atoms with Crippen LogP contribution >= 0.6 is 0 Å². The molecule has 1 rings (SSSR count). The molecule has 0 saturated carbocycles. The van der Waals surface area contributed by atoms with Crippen molar-refractivity contribution in [3.8, 4) is 11.5 Å². The van der Waals surface area contributed by atoms with Gasteiger partial charge in [0.15, 0.2) is 11.5 Å². The van der Waals surface area contributed by atoms with Crippen LogP contribution in [-0.2, 0) is 0 Å². The molecule has 1 aromatic rings. The van der Waals surface area contributed by atoms with Gasteiger partial charge in [0.2, 0.25) is 0 Å². The highest BCUT2D eigenvalue weighted by atomic mass is 16.5. The molecule has 19 heavy (non-hydrogen) atoms. The molecule has 0 bridgehead atoms. The summed E-state index contributed by atoms with van der Waals surface area (Å²) >= 11 is 0. The van der Waals surface area contributed by atoms with Crippen LogP contribution in [0.15, 0.2) is 18.2 Å². The van der Waals surface area contributed by atoms with Crippen molar-refractivity contribution in [2.75, 3.05) is 25.1 Å². The molecule has 1 aromatic carbocycles. The van der Waals surface area contributed by atoms with E-state index in [2.05, 4.69) is 10.6 Å². The lowest BCUT2D eigenvalue weighted by Crippen LogP contribution is -2.29. The molecule has 2 N–H and O–H groups in total. The van der Waals surface area contributed by atoms with Gasteiger partial charge >= 0.3 is 6.03 Å². The summed E-state index contributed by atoms with van der Waals surface area (Å²) in [4.78, 5) is 11.6. The van der Waals surface area contributed by atoms with Crippen LogP contribution in [0.1, 0.15) is 27.2 Å². The average molecular weight is 266 g/mol. The van der Waals surface area contributed by atoms with E-state index in [9.17, 15) is 4.79 Å². The normalized spacial score (nSPS) is 9.84. The van der Waals surface area contributed by atoms with Crippen molar-refractivity contribution in [1.82, 2.24) is 5.32 Å². The molecule has 0 radical (unpaired) electrons. The van der Waals surface area contributed by atoms with E-state index in [1.807, 2.05) is 20.8 Å². The monoisotopic (exact) mass is 266 g/mol. The summed E-state index contributed by atoms with van der Waals surface area (Å²) in [6, 6.07) is 5.14. The fraction of sp³-hybridized carbons (Fsp3) is 0.500. The SMILES string of the molecule is CCCNC(=O)Nc1ccc(OCC)c(OCC)c1. The number of benzene rings is 1. The summed E-state index contributed by atoms with van der Waals surface area (Å²) in [5.41, 5.74) is 0.681. The van der Waals surface area contributed by atoms with E-state index in [1.165, 1.54) is 0 Å². The maximum atomic E-state index is 11.6. The first-order valence-corrected chi connectivity index (χ1v) is 6.65. The van der Waals surface area contributed by atoms with Gasteiger partial charge in [0.05, 0.1) is 13.2 Å². The summed E-state index contributed by atoms with van der Waals surface area (Å²) < 4.78 is 11.0. The first-order valence-electron chi connectivity index (χ1n) is 6.65. The number of carbonyl (C=O) groups excluding carboxylic acids is 1. The summed E-state index contributed by atoms with van der Waals surface area (Å²) in [6.45, 7) is 7.60. The van der Waals surface area contributed by atoms with Gasteiger partial charge in [-0.05, 0) is 32.4 Å². The lowest BCUT2D eigenvalue weighted by molar-refractivity contribution is 0.252. The van der Waals surface area contributed by atoms with Gasteiger partial charge < -0.3 is 20.1 Å². The standard InChI is InChI=1S/C14H22N2O3/c1-4-9-15-14(17)16-11-7-8-12(18-5-2)13(10-11)19-6-3/h7-8,10H,4-6,9H2,1-3H3,(H2,15,16,17). The van der Waals surface area contributed by atoms with Crippen molar-refractivity contribution in [2.45, 2.75) is 27.2 Å². The highest BCUT2D eigenvalue weighted by Gasteiger charge is 2.07. The van der Waals surface area contributed by atoms with Crippen LogP contribution in [0.2, 0.25) is 0 Å². The zero-order valence-electron chi connectivity index (χ0n) is 11.8. The van der Waals surface area contributed by atoms with Crippen LogP contribution in [0.3, 0.4) is 0 Å². The molecule has 0 atom stereocenters. The quantitative estimate of drug-likeness (QED) is 0.797. The number of nitrogens with one attached hydrogen (secondary N) is 2. The number of amides is 2. The summed E-state index contributed by atoms with van der Waals surface area (Å²) in [5, 5.41) is 5.51. The number of hydrogen-bond acceptors (Lipinski definition) is 3. The molecule has 2 amide bonds. The third-order valence-corrected chi connectivity index (χ3v) is 2.34. The predicted octanol–water partition coefficient (Wildman–Crippen LogP) is 3.02. The summed E-state index contributed by atoms with van der Waals surface area (Å²) in [6.07, 6.45) is 0.904. The second kappa shape index (κ2) is 8.24. The Hall–Kier alpha value is -1.91. The number of urea groups is 1. The molecule has 0 fully saturated rings. The molecule has 5 nitrogen and oxygen atoms in total. The van der Waals surface area contributed by atoms with E-state index in [1.54, 1.807) is 18.2 Å². The minimum absolute atomic E-state index is 0.214. The van der Waals surface area contributed by atoms with E-state index < -0.39 is 0 Å². The highest BCUT2D eigenvalue weighted by molar-refractivity contribution is 5.89. The molecule has 0 aromatic heterocycles. The Morgan fingerprint density at radius 3 is 2.42 bits per heavy atom. The zero-order chi connectivity index (χ0) is 14.1. The molecule has 0 spiro atoms. The van der Waals surface area contributed by atoms with Crippen molar-refractivity contribution < 1.29 is 14.3 Å². The third-order valence-electron chi connectivity index (χ3n) is 2.34. The number of anilines is 1. The van der Waals surface area contributed by atoms with Gasteiger partial charge in [0.25, 0.3) is 0 Å². The fourth-order valence-electron chi connectivity index (χ4n) is 1.54. The smallest absolute Gasteiger partial charge is 0.319 e. The fourth-order valence-corrected chi connectivity index (χ4v) is 1.54. The van der Waals surface area contributed by atoms with Gasteiger partial charge in [-0.15, -0.1) is 0 Å². The molecule has 106 valence electrons. The topological polar surface area (TPSA) is 59.6 Å². The summed E-state index contributed by atoms with van der Waals surface area (Å²) in [5.74, 6) is 1.32. The Morgan fingerprint density at radius 2 is 1.79 bits per heavy atom. The molecule has 5 heteroatoms. The lowest BCUT2D eigenvalue weighted by Gasteiger charge is -2.13. The number of rotatable bonds is 7. The largest absolute Gasteiger partial charge is 0.490 e. The Kier molecular flexibility index (Phi) is 6.57. The van der Waals surface area contributed by atoms with Crippen LogP contribution in [0, 0.1) is 0 Å². The Morgan fingerprint density at radius 1 is 1.11 bits per heavy atom. The van der Waals surface area contributed by atoms with Crippen LogP contribution < -0.4 is 20.1 Å². The first kappa shape index (κ1) is 15.1. The van der Waals surface area contributed by atoms with Crippen LogP contribution in [0.5, 0.6) is 11.5 Å². The first-order chi connectivity index (χ1) is 9.21. The Labute approximate surface area is 114 Å². The molecule has 0 saturated heterocycles. The number of carbonyl (C=O) groups is 1. The molecule has 0 aliphatic carbocycles. The maximum Gasteiger partial charge on any atom is 0.319 e. The van der Waals surface area contributed by atoms with Gasteiger partial charge in [-0.2, -0.15) is 0 Å². The zero-order valence-corrected chi connectivity index (χ0v) is 11.8. The second-order valence-corrected chi connectivity index (χ2v) is 3.91. The van der Waals surface area contributed by atoms with Gasteiger partial charge in [0.1, 0.15) is 0 Å². The van der Waals surface area contributed by atoms with E-state index >= 15 is 0 Å². The van der Waals surface area contributed by atoms with E-state index in [-0.39, 0.29) is 6.03 Å². The van der Waals surface area contributed by atoms with Gasteiger partial charge in [-0.1, -0.05) is 6.92 Å². The molecule has 0 unspecified atom stereocenters. The third kappa shape index (κ3) is 5.07. The van der Waals surface area contributed by atoms with E-state index in [0.717, 1.165) is 6.42 Å². The molecule has 0 aliphatic heterocycles. The van der Waals surface area contributed by atoms with Crippen LogP contribution in [0.25, 0.3) is 0 Å². The molecular formula is C14H22N2O3. The van der Waals surface area contributed by atoms with Crippen LogP contribution in [-0.4, -0.2) is 25.8 Å². The van der Waals surface area contributed by atoms with E-state index in [0.29, 0.717) is 36.9 Å². The second-order valence-electron chi connectivity index (χ2n) is 3.91. The van der Waals surface area contributed by atoms with Crippen LogP contribution in [0.4, 0.5) is 10.5 Å². The van der Waals surface area contributed by atoms with Crippen molar-refractivity contribution >= 4 is 11.7 Å². The van der Waals surface area contributed by atoms with Crippen molar-refractivity contribution in [1.29, 1.82) is 0 Å². The minimum atomic E-state index is -0.214. The Balaban J connectivity index is 2.74. The number of hydrogen-bond donors (Lipinski definition) is 2. The predicted molar refractivity (Wildman–Crippen MR) is 76.1 cm³/mol. The minimum Gasteiger partial charge on any atom is -0.490 e. The van der Waals surface area contributed by atoms with Crippen molar-refractivity contribution in [2.24, 2.45) is 0 Å². The lowest BCUT2D eigenvalue weighted by atomic mass is 10.2. The summed E-state index contributed by atoms with van der Waals surface area (Å²) in [7, 11) is 0. The molecule has 0 aliphatic rings.